The Morgan fingerprint density at radius 2 is 1.95 bits per heavy atom. The Labute approximate surface area is 124 Å². The van der Waals surface area contributed by atoms with Gasteiger partial charge in [0.05, 0.1) is 6.61 Å². The molecule has 1 rings (SSSR count). The second-order valence-corrected chi connectivity index (χ2v) is 6.41. The van der Waals surface area contributed by atoms with E-state index in [1.165, 1.54) is 5.56 Å². The average Bonchev–Trinajstić information content (AvgIpc) is 2.34. The number of rotatable bonds is 7. The lowest BCUT2D eigenvalue weighted by molar-refractivity contribution is 0.172. The van der Waals surface area contributed by atoms with Crippen molar-refractivity contribution in [1.82, 2.24) is 5.32 Å². The van der Waals surface area contributed by atoms with Crippen molar-refractivity contribution >= 4 is 15.9 Å². The zero-order chi connectivity index (χ0) is 14.3. The van der Waals surface area contributed by atoms with Crippen LogP contribution < -0.4 is 10.1 Å². The minimum absolute atomic E-state index is 0.106. The molecular formula is C15H24BrNO2. The topological polar surface area (TPSA) is 30.5 Å². The molecule has 0 fully saturated rings. The van der Waals surface area contributed by atoms with Crippen LogP contribution in [-0.4, -0.2) is 25.9 Å². The lowest BCUT2D eigenvalue weighted by Crippen LogP contribution is -2.35. The van der Waals surface area contributed by atoms with Crippen LogP contribution in [-0.2, 0) is 11.3 Å². The first-order chi connectivity index (χ1) is 8.92. The number of hydrogen-bond acceptors (Lipinski definition) is 3. The fourth-order valence-electron chi connectivity index (χ4n) is 1.53. The summed E-state index contributed by atoms with van der Waals surface area (Å²) in [5.41, 5.74) is 1.31. The van der Waals surface area contributed by atoms with Crippen molar-refractivity contribution in [1.29, 1.82) is 0 Å². The van der Waals surface area contributed by atoms with Gasteiger partial charge < -0.3 is 14.8 Å². The predicted molar refractivity (Wildman–Crippen MR) is 82.7 cm³/mol. The molecule has 0 saturated carbocycles. The minimum Gasteiger partial charge on any atom is -0.493 e. The maximum atomic E-state index is 5.71. The molecule has 0 atom stereocenters. The predicted octanol–water partition coefficient (Wildman–Crippen LogP) is 3.75. The smallest absolute Gasteiger partial charge is 0.119 e. The summed E-state index contributed by atoms with van der Waals surface area (Å²) in [5.74, 6) is 0.907. The molecule has 0 aliphatic heterocycles. The number of hydrogen-bond donors (Lipinski definition) is 1. The summed E-state index contributed by atoms with van der Waals surface area (Å²) in [6.07, 6.45) is 0.905. The van der Waals surface area contributed by atoms with Gasteiger partial charge in [0, 0.05) is 36.7 Å². The summed E-state index contributed by atoms with van der Waals surface area (Å²) in [5, 5.41) is 3.48. The Morgan fingerprint density at radius 1 is 1.21 bits per heavy atom. The van der Waals surface area contributed by atoms with Crippen molar-refractivity contribution in [3.63, 3.8) is 0 Å². The van der Waals surface area contributed by atoms with Crippen molar-refractivity contribution in [2.24, 2.45) is 0 Å². The molecule has 0 saturated heterocycles. The van der Waals surface area contributed by atoms with Gasteiger partial charge in [-0.25, -0.2) is 0 Å². The quantitative estimate of drug-likeness (QED) is 0.773. The molecule has 0 spiro atoms. The van der Waals surface area contributed by atoms with Gasteiger partial charge in [0.2, 0.25) is 0 Å². The summed E-state index contributed by atoms with van der Waals surface area (Å²) in [7, 11) is 1.70. The molecule has 0 radical (unpaired) electrons. The van der Waals surface area contributed by atoms with E-state index in [0.29, 0.717) is 6.61 Å². The highest BCUT2D eigenvalue weighted by atomic mass is 79.9. The van der Waals surface area contributed by atoms with Gasteiger partial charge in [0.25, 0.3) is 0 Å². The number of benzene rings is 1. The molecule has 0 aromatic heterocycles. The summed E-state index contributed by atoms with van der Waals surface area (Å²) in [4.78, 5) is 0. The van der Waals surface area contributed by atoms with Crippen LogP contribution >= 0.6 is 15.9 Å². The largest absolute Gasteiger partial charge is 0.493 e. The Bertz CT molecular complexity index is 388. The van der Waals surface area contributed by atoms with Crippen LogP contribution in [0.15, 0.2) is 22.7 Å². The van der Waals surface area contributed by atoms with E-state index in [0.717, 1.165) is 29.8 Å². The summed E-state index contributed by atoms with van der Waals surface area (Å²) < 4.78 is 11.8. The van der Waals surface area contributed by atoms with Crippen LogP contribution in [0.25, 0.3) is 0 Å². The SMILES string of the molecule is COCCCOc1ccc(Br)c(CNC(C)(C)C)c1. The molecule has 108 valence electrons. The number of nitrogens with one attached hydrogen (secondary N) is 1. The molecule has 1 aromatic carbocycles. The highest BCUT2D eigenvalue weighted by Crippen LogP contribution is 2.23. The van der Waals surface area contributed by atoms with Crippen LogP contribution in [0.5, 0.6) is 5.75 Å². The molecule has 0 aliphatic rings. The molecule has 1 N–H and O–H groups in total. The van der Waals surface area contributed by atoms with Crippen LogP contribution in [0.2, 0.25) is 0 Å². The molecule has 1 aromatic rings. The molecule has 4 heteroatoms. The van der Waals surface area contributed by atoms with Crippen LogP contribution in [0.1, 0.15) is 32.8 Å². The van der Waals surface area contributed by atoms with E-state index in [-0.39, 0.29) is 5.54 Å². The zero-order valence-corrected chi connectivity index (χ0v) is 13.8. The highest BCUT2D eigenvalue weighted by molar-refractivity contribution is 9.10. The Balaban J connectivity index is 2.56. The molecule has 0 bridgehead atoms. The Morgan fingerprint density at radius 3 is 2.58 bits per heavy atom. The molecule has 0 heterocycles. The maximum absolute atomic E-state index is 5.71. The van der Waals surface area contributed by atoms with Gasteiger partial charge in [-0.1, -0.05) is 15.9 Å². The van der Waals surface area contributed by atoms with E-state index < -0.39 is 0 Å². The Kier molecular flexibility index (Phi) is 6.83. The first-order valence-corrected chi connectivity index (χ1v) is 7.37. The summed E-state index contributed by atoms with van der Waals surface area (Å²) in [6, 6.07) is 6.10. The highest BCUT2D eigenvalue weighted by Gasteiger charge is 2.10. The van der Waals surface area contributed by atoms with Gasteiger partial charge in [-0.3, -0.25) is 0 Å². The maximum Gasteiger partial charge on any atom is 0.119 e. The van der Waals surface area contributed by atoms with Crippen LogP contribution in [0.3, 0.4) is 0 Å². The van der Waals surface area contributed by atoms with Gasteiger partial charge in [-0.2, -0.15) is 0 Å². The average molecular weight is 330 g/mol. The lowest BCUT2D eigenvalue weighted by atomic mass is 10.1. The second-order valence-electron chi connectivity index (χ2n) is 5.55. The monoisotopic (exact) mass is 329 g/mol. The first-order valence-electron chi connectivity index (χ1n) is 6.57. The third kappa shape index (κ3) is 6.95. The third-order valence-corrected chi connectivity index (χ3v) is 3.36. The molecule has 0 amide bonds. The fourth-order valence-corrected chi connectivity index (χ4v) is 1.92. The summed E-state index contributed by atoms with van der Waals surface area (Å²) in [6.45, 7) is 8.71. The van der Waals surface area contributed by atoms with Crippen molar-refractivity contribution in [3.8, 4) is 5.75 Å². The van der Waals surface area contributed by atoms with Crippen LogP contribution in [0.4, 0.5) is 0 Å². The third-order valence-electron chi connectivity index (χ3n) is 2.59. The summed E-state index contributed by atoms with van der Waals surface area (Å²) >= 11 is 3.58. The molecule has 0 unspecified atom stereocenters. The zero-order valence-electron chi connectivity index (χ0n) is 12.3. The van der Waals surface area contributed by atoms with Gasteiger partial charge in [0.15, 0.2) is 0 Å². The molecular weight excluding hydrogens is 306 g/mol. The number of halogens is 1. The van der Waals surface area contributed by atoms with Crippen molar-refractivity contribution in [3.05, 3.63) is 28.2 Å². The number of methoxy groups -OCH3 is 1. The van der Waals surface area contributed by atoms with Crippen LogP contribution in [0, 0.1) is 0 Å². The van der Waals surface area contributed by atoms with E-state index in [2.05, 4.69) is 48.1 Å². The van der Waals surface area contributed by atoms with Crippen molar-refractivity contribution < 1.29 is 9.47 Å². The molecule has 0 aliphatic carbocycles. The second kappa shape index (κ2) is 7.88. The number of ether oxygens (including phenoxy) is 2. The molecule has 19 heavy (non-hydrogen) atoms. The standard InChI is InChI=1S/C15H24BrNO2/c1-15(2,3)17-11-12-10-13(6-7-14(12)16)19-9-5-8-18-4/h6-7,10,17H,5,8-9,11H2,1-4H3. The van der Waals surface area contributed by atoms with Gasteiger partial charge in [0.1, 0.15) is 5.75 Å². The Hall–Kier alpha value is -0.580. The van der Waals surface area contributed by atoms with E-state index in [1.54, 1.807) is 7.11 Å². The normalized spacial score (nSPS) is 11.6. The molecule has 3 nitrogen and oxygen atoms in total. The lowest BCUT2D eigenvalue weighted by Gasteiger charge is -2.21. The fraction of sp³-hybridized carbons (Fsp3) is 0.600. The van der Waals surface area contributed by atoms with Gasteiger partial charge in [-0.05, 0) is 44.5 Å². The van der Waals surface area contributed by atoms with E-state index in [9.17, 15) is 0 Å². The van der Waals surface area contributed by atoms with E-state index in [1.807, 2.05) is 12.1 Å². The first kappa shape index (κ1) is 16.5. The van der Waals surface area contributed by atoms with Gasteiger partial charge >= 0.3 is 0 Å². The van der Waals surface area contributed by atoms with E-state index >= 15 is 0 Å². The van der Waals surface area contributed by atoms with E-state index in [4.69, 9.17) is 9.47 Å². The van der Waals surface area contributed by atoms with Gasteiger partial charge in [-0.15, -0.1) is 0 Å². The van der Waals surface area contributed by atoms with Crippen molar-refractivity contribution in [2.45, 2.75) is 39.3 Å². The minimum atomic E-state index is 0.106. The van der Waals surface area contributed by atoms with Crippen molar-refractivity contribution in [2.75, 3.05) is 20.3 Å².